The molecule has 126 valence electrons. The molecule has 1 aromatic rings. The van der Waals surface area contributed by atoms with Crippen molar-refractivity contribution in [3.63, 3.8) is 0 Å². The molecule has 0 heterocycles. The topological polar surface area (TPSA) is 64.6 Å². The quantitative estimate of drug-likeness (QED) is 0.682. The molecule has 0 aliphatic heterocycles. The Labute approximate surface area is 141 Å². The molecular weight excluding hydrogens is 306 g/mol. The maximum Gasteiger partial charge on any atom is 0.408 e. The van der Waals surface area contributed by atoms with Gasteiger partial charge in [-0.1, -0.05) is 42.5 Å². The van der Waals surface area contributed by atoms with Gasteiger partial charge in [0.05, 0.1) is 7.11 Å². The first-order valence-corrected chi connectivity index (χ1v) is 8.38. The molecular formula is C19H21NO4. The summed E-state index contributed by atoms with van der Waals surface area (Å²) in [4.78, 5) is 25.1. The highest BCUT2D eigenvalue weighted by Crippen LogP contribution is 2.71. The van der Waals surface area contributed by atoms with Crippen LogP contribution >= 0.6 is 0 Å². The van der Waals surface area contributed by atoms with Crippen LogP contribution in [0.15, 0.2) is 42.5 Å². The second-order valence-corrected chi connectivity index (χ2v) is 6.98. The molecule has 1 amide bonds. The van der Waals surface area contributed by atoms with E-state index in [-0.39, 0.29) is 23.9 Å². The zero-order valence-electron chi connectivity index (χ0n) is 13.7. The fourth-order valence-corrected chi connectivity index (χ4v) is 4.70. The Bertz CT molecular complexity index is 695. The minimum atomic E-state index is -0.977. The molecule has 0 radical (unpaired) electrons. The van der Waals surface area contributed by atoms with E-state index in [9.17, 15) is 9.59 Å². The number of allylic oxidation sites excluding steroid dienone is 1. The summed E-state index contributed by atoms with van der Waals surface area (Å²) in [5, 5.41) is 2.91. The van der Waals surface area contributed by atoms with Crippen LogP contribution in [0.25, 0.3) is 0 Å². The second kappa shape index (κ2) is 5.36. The summed E-state index contributed by atoms with van der Waals surface area (Å²) in [5.41, 5.74) is -0.256. The number of rotatable bonds is 4. The monoisotopic (exact) mass is 327 g/mol. The summed E-state index contributed by atoms with van der Waals surface area (Å²) < 4.78 is 10.4. The number of fused-ring (bicyclic) bond motifs is 3. The van der Waals surface area contributed by atoms with Gasteiger partial charge in [0.2, 0.25) is 0 Å². The van der Waals surface area contributed by atoms with Crippen molar-refractivity contribution in [1.29, 1.82) is 0 Å². The van der Waals surface area contributed by atoms with Crippen LogP contribution in [0.2, 0.25) is 0 Å². The molecule has 0 saturated heterocycles. The van der Waals surface area contributed by atoms with E-state index in [4.69, 9.17) is 9.47 Å². The summed E-state index contributed by atoms with van der Waals surface area (Å²) in [6.07, 6.45) is 6.45. The van der Waals surface area contributed by atoms with E-state index in [0.29, 0.717) is 5.92 Å². The molecule has 2 fully saturated rings. The van der Waals surface area contributed by atoms with Crippen molar-refractivity contribution >= 4 is 12.1 Å². The van der Waals surface area contributed by atoms with Gasteiger partial charge in [0.1, 0.15) is 6.61 Å². The van der Waals surface area contributed by atoms with E-state index in [2.05, 4.69) is 11.4 Å². The molecule has 2 bridgehead atoms. The number of carbonyl (C=O) groups excluding carboxylic acids is 2. The third-order valence-electron chi connectivity index (χ3n) is 5.94. The summed E-state index contributed by atoms with van der Waals surface area (Å²) in [6.45, 7) is 0.181. The molecule has 0 aromatic heterocycles. The van der Waals surface area contributed by atoms with Crippen molar-refractivity contribution in [3.05, 3.63) is 48.0 Å². The zero-order valence-corrected chi connectivity index (χ0v) is 13.7. The van der Waals surface area contributed by atoms with E-state index in [0.717, 1.165) is 24.8 Å². The largest absolute Gasteiger partial charge is 0.467 e. The van der Waals surface area contributed by atoms with Crippen molar-refractivity contribution in [2.75, 3.05) is 7.11 Å². The maximum atomic E-state index is 12.7. The van der Waals surface area contributed by atoms with E-state index in [1.807, 2.05) is 36.4 Å². The molecule has 5 heteroatoms. The van der Waals surface area contributed by atoms with Crippen LogP contribution in [0, 0.1) is 17.3 Å². The number of hydrogen-bond donors (Lipinski definition) is 1. The third-order valence-corrected chi connectivity index (χ3v) is 5.94. The Morgan fingerprint density at radius 3 is 2.54 bits per heavy atom. The van der Waals surface area contributed by atoms with Crippen molar-refractivity contribution in [1.82, 2.24) is 5.32 Å². The SMILES string of the molecule is COC(=O)[C@]1(NC(=O)OCc2ccccc2)[C@@H]2C=C[C@@H](C2)C12CC2. The molecule has 5 nitrogen and oxygen atoms in total. The Morgan fingerprint density at radius 2 is 1.88 bits per heavy atom. The molecule has 4 rings (SSSR count). The van der Waals surface area contributed by atoms with Crippen LogP contribution in [0.5, 0.6) is 0 Å². The molecule has 1 aromatic carbocycles. The predicted octanol–water partition coefficient (Wildman–Crippen LogP) is 2.81. The molecule has 3 aliphatic carbocycles. The number of benzene rings is 1. The lowest BCUT2D eigenvalue weighted by Crippen LogP contribution is -2.63. The van der Waals surface area contributed by atoms with Gasteiger partial charge in [0.15, 0.2) is 5.54 Å². The number of alkyl carbamates (subject to hydrolysis) is 1. The van der Waals surface area contributed by atoms with Gasteiger partial charge in [-0.2, -0.15) is 0 Å². The normalized spacial score (nSPS) is 31.0. The van der Waals surface area contributed by atoms with Gasteiger partial charge >= 0.3 is 12.1 Å². The summed E-state index contributed by atoms with van der Waals surface area (Å²) in [6, 6.07) is 9.49. The van der Waals surface area contributed by atoms with Crippen LogP contribution < -0.4 is 5.32 Å². The van der Waals surface area contributed by atoms with Crippen LogP contribution in [0.3, 0.4) is 0 Å². The Morgan fingerprint density at radius 1 is 1.17 bits per heavy atom. The Kier molecular flexibility index (Phi) is 3.41. The summed E-state index contributed by atoms with van der Waals surface area (Å²) in [7, 11) is 1.38. The minimum Gasteiger partial charge on any atom is -0.467 e. The van der Waals surface area contributed by atoms with E-state index in [1.54, 1.807) is 0 Å². The number of esters is 1. The lowest BCUT2D eigenvalue weighted by molar-refractivity contribution is -0.153. The van der Waals surface area contributed by atoms with Crippen LogP contribution in [0.4, 0.5) is 4.79 Å². The minimum absolute atomic E-state index is 0.0123. The van der Waals surface area contributed by atoms with Gasteiger partial charge in [-0.15, -0.1) is 0 Å². The average Bonchev–Trinajstić information content (AvgIpc) is 3.18. The van der Waals surface area contributed by atoms with Crippen LogP contribution in [-0.2, 0) is 20.9 Å². The number of carbonyl (C=O) groups is 2. The van der Waals surface area contributed by atoms with Gasteiger partial charge in [-0.3, -0.25) is 0 Å². The molecule has 0 unspecified atom stereocenters. The van der Waals surface area contributed by atoms with Gasteiger partial charge in [-0.05, 0) is 30.7 Å². The first-order chi connectivity index (χ1) is 11.6. The first-order valence-electron chi connectivity index (χ1n) is 8.38. The highest BCUT2D eigenvalue weighted by atomic mass is 16.6. The van der Waals surface area contributed by atoms with E-state index >= 15 is 0 Å². The second-order valence-electron chi connectivity index (χ2n) is 6.98. The van der Waals surface area contributed by atoms with Crippen LogP contribution in [0.1, 0.15) is 24.8 Å². The van der Waals surface area contributed by atoms with E-state index < -0.39 is 11.6 Å². The lowest BCUT2D eigenvalue weighted by atomic mass is 9.72. The summed E-state index contributed by atoms with van der Waals surface area (Å²) >= 11 is 0. The number of nitrogens with one attached hydrogen (secondary N) is 1. The maximum absolute atomic E-state index is 12.7. The van der Waals surface area contributed by atoms with Crippen molar-refractivity contribution in [2.24, 2.45) is 17.3 Å². The standard InChI is InChI=1S/C19H21NO4/c1-23-16(21)19(15-8-7-14(11-15)18(19)9-10-18)20-17(22)24-12-13-5-3-2-4-6-13/h2-8,14-15H,9-12H2,1H3,(H,20,22)/t14-,15+,19+/m0/s1. The fraction of sp³-hybridized carbons (Fsp3) is 0.474. The molecule has 1 spiro atoms. The number of amides is 1. The van der Waals surface area contributed by atoms with Gasteiger partial charge < -0.3 is 14.8 Å². The first kappa shape index (κ1) is 15.2. The van der Waals surface area contributed by atoms with E-state index in [1.165, 1.54) is 7.11 Å². The average molecular weight is 327 g/mol. The Hall–Kier alpha value is -2.30. The third kappa shape index (κ3) is 2.00. The number of ether oxygens (including phenoxy) is 2. The molecule has 3 atom stereocenters. The number of methoxy groups -OCH3 is 1. The molecule has 3 aliphatic rings. The van der Waals surface area contributed by atoms with Gasteiger partial charge in [-0.25, -0.2) is 9.59 Å². The fourth-order valence-electron chi connectivity index (χ4n) is 4.70. The van der Waals surface area contributed by atoms with Crippen molar-refractivity contribution in [2.45, 2.75) is 31.4 Å². The summed E-state index contributed by atoms with van der Waals surface area (Å²) in [5.74, 6) is -0.0220. The molecule has 2 saturated carbocycles. The van der Waals surface area contributed by atoms with Gasteiger partial charge in [0.25, 0.3) is 0 Å². The molecule has 24 heavy (non-hydrogen) atoms. The smallest absolute Gasteiger partial charge is 0.408 e. The Balaban J connectivity index is 1.53. The highest BCUT2D eigenvalue weighted by molar-refractivity contribution is 5.89. The van der Waals surface area contributed by atoms with Crippen molar-refractivity contribution < 1.29 is 19.1 Å². The number of hydrogen-bond acceptors (Lipinski definition) is 4. The highest BCUT2D eigenvalue weighted by Gasteiger charge is 2.75. The van der Waals surface area contributed by atoms with Crippen molar-refractivity contribution in [3.8, 4) is 0 Å². The zero-order chi connectivity index (χ0) is 16.8. The predicted molar refractivity (Wildman–Crippen MR) is 86.9 cm³/mol. The molecule has 1 N–H and O–H groups in total. The van der Waals surface area contributed by atoms with Gasteiger partial charge in [0, 0.05) is 11.3 Å². The lowest BCUT2D eigenvalue weighted by Gasteiger charge is -2.40. The van der Waals surface area contributed by atoms with Crippen LogP contribution in [-0.4, -0.2) is 24.7 Å².